The largest absolute Gasteiger partial charge is 0.508 e. The van der Waals surface area contributed by atoms with Gasteiger partial charge in [0.25, 0.3) is 10.0 Å². The first-order chi connectivity index (χ1) is 15.3. The first-order valence-corrected chi connectivity index (χ1v) is 13.7. The van der Waals surface area contributed by atoms with Crippen LogP contribution in [0.2, 0.25) is 0 Å². The fraction of sp³-hybridized carbons (Fsp3) is 0.250. The maximum absolute atomic E-state index is 13.5. The van der Waals surface area contributed by atoms with E-state index in [-0.39, 0.29) is 29.0 Å². The Hall–Kier alpha value is -2.43. The average molecular weight is 498 g/mol. The molecule has 0 fully saturated rings. The van der Waals surface area contributed by atoms with Crippen LogP contribution in [0.3, 0.4) is 0 Å². The van der Waals surface area contributed by atoms with Crippen molar-refractivity contribution in [3.8, 4) is 5.75 Å². The molecule has 9 nitrogen and oxygen atoms in total. The van der Waals surface area contributed by atoms with Gasteiger partial charge in [-0.2, -0.15) is 0 Å². The number of phenolic OH excluding ortho intramolecular Hbond substituents is 1. The Morgan fingerprint density at radius 1 is 1.12 bits per heavy atom. The Morgan fingerprint density at radius 3 is 2.38 bits per heavy atom. The Bertz CT molecular complexity index is 1160. The zero-order valence-electron chi connectivity index (χ0n) is 17.5. The van der Waals surface area contributed by atoms with Gasteiger partial charge in [-0.05, 0) is 55.8 Å². The summed E-state index contributed by atoms with van der Waals surface area (Å²) in [5.41, 5.74) is 0.989. The van der Waals surface area contributed by atoms with E-state index < -0.39 is 23.4 Å². The highest BCUT2D eigenvalue weighted by Crippen LogP contribution is 2.61. The van der Waals surface area contributed by atoms with Gasteiger partial charge in [-0.25, -0.2) is 13.4 Å². The topological polar surface area (TPSA) is 127 Å². The molecular formula is C20H24N3O6PS2. The number of hydrogen-bond acceptors (Lipinski definition) is 9. The molecule has 0 spiro atoms. The van der Waals surface area contributed by atoms with Gasteiger partial charge in [-0.3, -0.25) is 9.29 Å². The summed E-state index contributed by atoms with van der Waals surface area (Å²) in [4.78, 5) is 3.97. The molecule has 0 radical (unpaired) electrons. The molecule has 0 saturated heterocycles. The lowest BCUT2D eigenvalue weighted by atomic mass is 10.2. The molecule has 1 heterocycles. The minimum atomic E-state index is -3.80. The Labute approximate surface area is 191 Å². The van der Waals surface area contributed by atoms with Crippen LogP contribution < -0.4 is 10.0 Å². The van der Waals surface area contributed by atoms with Crippen LogP contribution in [0.15, 0.2) is 65.0 Å². The van der Waals surface area contributed by atoms with E-state index in [2.05, 4.69) is 15.0 Å². The van der Waals surface area contributed by atoms with E-state index in [0.717, 1.165) is 0 Å². The number of nitrogens with one attached hydrogen (secondary N) is 2. The van der Waals surface area contributed by atoms with Crippen molar-refractivity contribution in [3.63, 3.8) is 0 Å². The summed E-state index contributed by atoms with van der Waals surface area (Å²) >= 11 is 1.17. The second-order valence-electron chi connectivity index (χ2n) is 6.48. The number of nitrogens with zero attached hydrogens (tertiary/aromatic N) is 1. The maximum Gasteiger partial charge on any atom is 0.357 e. The molecule has 172 valence electrons. The van der Waals surface area contributed by atoms with E-state index >= 15 is 0 Å². The van der Waals surface area contributed by atoms with Crippen molar-refractivity contribution >= 4 is 39.8 Å². The van der Waals surface area contributed by atoms with Crippen molar-refractivity contribution in [2.75, 3.05) is 23.3 Å². The van der Waals surface area contributed by atoms with Crippen LogP contribution in [0.25, 0.3) is 0 Å². The zero-order chi connectivity index (χ0) is 23.2. The molecule has 1 atom stereocenters. The molecule has 0 bridgehead atoms. The molecular weight excluding hydrogens is 473 g/mol. The Balaban J connectivity index is 1.90. The van der Waals surface area contributed by atoms with Crippen LogP contribution in [-0.2, 0) is 23.6 Å². The molecule has 32 heavy (non-hydrogen) atoms. The molecule has 3 N–H and O–H groups in total. The summed E-state index contributed by atoms with van der Waals surface area (Å²) in [6.07, 6.45) is 1.51. The minimum Gasteiger partial charge on any atom is -0.508 e. The normalized spacial score (nSPS) is 12.9. The summed E-state index contributed by atoms with van der Waals surface area (Å²) in [6.45, 7) is 3.74. The second-order valence-corrected chi connectivity index (χ2v) is 11.2. The lowest BCUT2D eigenvalue weighted by molar-refractivity contribution is 0.214. The fourth-order valence-electron chi connectivity index (χ4n) is 2.92. The van der Waals surface area contributed by atoms with E-state index in [1.807, 2.05) is 0 Å². The van der Waals surface area contributed by atoms with Crippen molar-refractivity contribution in [3.05, 3.63) is 65.7 Å². The Morgan fingerprint density at radius 2 is 1.81 bits per heavy atom. The third kappa shape index (κ3) is 5.87. The molecule has 0 aliphatic carbocycles. The van der Waals surface area contributed by atoms with Gasteiger partial charge in [-0.15, -0.1) is 11.3 Å². The summed E-state index contributed by atoms with van der Waals surface area (Å²) in [6, 6.07) is 12.2. The predicted molar refractivity (Wildman–Crippen MR) is 125 cm³/mol. The number of anilines is 2. The van der Waals surface area contributed by atoms with Crippen LogP contribution in [0, 0.1) is 0 Å². The van der Waals surface area contributed by atoms with Crippen molar-refractivity contribution in [1.29, 1.82) is 0 Å². The number of hydrogen-bond donors (Lipinski definition) is 3. The van der Waals surface area contributed by atoms with Gasteiger partial charge in [0.05, 0.1) is 18.1 Å². The first kappa shape index (κ1) is 24.2. The standard InChI is InChI=1S/C20H24N3O6PS2/c1-3-28-30(25,29-4-2)19(15-6-5-7-17(24)14-15)22-16-8-10-18(11-9-16)32(26,27)23-20-21-12-13-31-20/h5-14,19,22,24H,3-4H2,1-2H3,(H,21,23). The van der Waals surface area contributed by atoms with Crippen LogP contribution in [-0.4, -0.2) is 31.7 Å². The molecule has 0 aliphatic rings. The number of aromatic hydroxyl groups is 1. The quantitative estimate of drug-likeness (QED) is 0.315. The molecule has 3 rings (SSSR count). The Kier molecular flexibility index (Phi) is 7.91. The van der Waals surface area contributed by atoms with Gasteiger partial charge in [0.1, 0.15) is 5.75 Å². The number of phenols is 1. The highest BCUT2D eigenvalue weighted by molar-refractivity contribution is 7.93. The van der Waals surface area contributed by atoms with E-state index in [0.29, 0.717) is 11.3 Å². The third-order valence-electron chi connectivity index (χ3n) is 4.24. The number of thiazole rings is 1. The smallest absolute Gasteiger partial charge is 0.357 e. The predicted octanol–water partition coefficient (Wildman–Crippen LogP) is 5.03. The van der Waals surface area contributed by atoms with E-state index in [1.54, 1.807) is 43.5 Å². The molecule has 2 aromatic carbocycles. The van der Waals surface area contributed by atoms with Gasteiger partial charge in [0.15, 0.2) is 10.9 Å². The van der Waals surface area contributed by atoms with Crippen LogP contribution in [0.4, 0.5) is 10.8 Å². The fourth-order valence-corrected chi connectivity index (χ4v) is 6.64. The lowest BCUT2D eigenvalue weighted by Crippen LogP contribution is -2.16. The van der Waals surface area contributed by atoms with Crippen molar-refractivity contribution < 1.29 is 27.1 Å². The van der Waals surface area contributed by atoms with Crippen molar-refractivity contribution in [1.82, 2.24) is 4.98 Å². The number of benzene rings is 2. The van der Waals surface area contributed by atoms with Gasteiger partial charge < -0.3 is 19.5 Å². The molecule has 3 aromatic rings. The molecule has 1 unspecified atom stereocenters. The van der Waals surface area contributed by atoms with Crippen molar-refractivity contribution in [2.45, 2.75) is 24.5 Å². The number of aromatic nitrogens is 1. The van der Waals surface area contributed by atoms with Crippen molar-refractivity contribution in [2.24, 2.45) is 0 Å². The zero-order valence-corrected chi connectivity index (χ0v) is 20.0. The minimum absolute atomic E-state index is 0.00329. The monoisotopic (exact) mass is 497 g/mol. The molecule has 12 heteroatoms. The average Bonchev–Trinajstić information content (AvgIpc) is 3.25. The van der Waals surface area contributed by atoms with Gasteiger partial charge in [0, 0.05) is 17.3 Å². The summed E-state index contributed by atoms with van der Waals surface area (Å²) in [7, 11) is -7.48. The van der Waals surface area contributed by atoms with Crippen LogP contribution in [0.1, 0.15) is 25.2 Å². The first-order valence-electron chi connectivity index (χ1n) is 9.74. The second kappa shape index (κ2) is 10.5. The summed E-state index contributed by atoms with van der Waals surface area (Å²) in [5.74, 6) is -0.922. The summed E-state index contributed by atoms with van der Waals surface area (Å²) < 4.78 is 52.1. The van der Waals surface area contributed by atoms with Crippen LogP contribution >= 0.6 is 18.9 Å². The third-order valence-corrected chi connectivity index (χ3v) is 8.71. The molecule has 1 aromatic heterocycles. The summed E-state index contributed by atoms with van der Waals surface area (Å²) in [5, 5.41) is 15.0. The SMILES string of the molecule is CCOP(=O)(OCC)C(Nc1ccc(S(=O)(=O)Nc2nccs2)cc1)c1cccc(O)c1. The van der Waals surface area contributed by atoms with Gasteiger partial charge in [-0.1, -0.05) is 12.1 Å². The molecule has 0 aliphatic heterocycles. The highest BCUT2D eigenvalue weighted by atomic mass is 32.2. The van der Waals surface area contributed by atoms with E-state index in [1.165, 1.54) is 41.8 Å². The van der Waals surface area contributed by atoms with E-state index in [4.69, 9.17) is 9.05 Å². The van der Waals surface area contributed by atoms with Crippen LogP contribution in [0.5, 0.6) is 5.75 Å². The van der Waals surface area contributed by atoms with Gasteiger partial charge >= 0.3 is 7.60 Å². The molecule has 0 amide bonds. The highest BCUT2D eigenvalue weighted by Gasteiger charge is 2.37. The lowest BCUT2D eigenvalue weighted by Gasteiger charge is -2.28. The molecule has 0 saturated carbocycles. The number of sulfonamides is 1. The number of rotatable bonds is 11. The maximum atomic E-state index is 13.5. The van der Waals surface area contributed by atoms with Gasteiger partial charge in [0.2, 0.25) is 0 Å². The van der Waals surface area contributed by atoms with E-state index in [9.17, 15) is 18.1 Å².